The normalized spacial score (nSPS) is 26.6. The zero-order chi connectivity index (χ0) is 14.4. The van der Waals surface area contributed by atoms with Crippen molar-refractivity contribution in [3.05, 3.63) is 23.2 Å². The molecule has 0 amide bonds. The lowest BCUT2D eigenvalue weighted by atomic mass is 9.79. The van der Waals surface area contributed by atoms with E-state index in [1.807, 2.05) is 13.8 Å². The summed E-state index contributed by atoms with van der Waals surface area (Å²) in [5.74, 6) is 7.99. The first kappa shape index (κ1) is 14.6. The number of hydrogen-bond donors (Lipinski definition) is 2. The van der Waals surface area contributed by atoms with Crippen molar-refractivity contribution in [3.63, 3.8) is 0 Å². The summed E-state index contributed by atoms with van der Waals surface area (Å²) in [5.41, 5.74) is 3.78. The van der Waals surface area contributed by atoms with E-state index in [-0.39, 0.29) is 17.2 Å². The highest BCUT2D eigenvalue weighted by Gasteiger charge is 2.49. The molecule has 2 rings (SSSR count). The number of nitrogens with one attached hydrogen (secondary N) is 1. The van der Waals surface area contributed by atoms with Gasteiger partial charge in [-0.15, -0.1) is 0 Å². The molecule has 1 aromatic heterocycles. The Balaban J connectivity index is 2.35. The topological polar surface area (TPSA) is 60.4 Å². The molecule has 2 unspecified atom stereocenters. The van der Waals surface area contributed by atoms with Crippen LogP contribution in [0, 0.1) is 19.8 Å². The van der Waals surface area contributed by atoms with E-state index in [1.165, 1.54) is 0 Å². The van der Waals surface area contributed by atoms with Crippen LogP contribution < -0.4 is 11.3 Å². The molecule has 1 aromatic rings. The Bertz CT molecular complexity index is 463. The highest BCUT2D eigenvalue weighted by molar-refractivity contribution is 5.26. The molecule has 0 aliphatic carbocycles. The molecule has 19 heavy (non-hydrogen) atoms. The number of hydrogen-bond acceptors (Lipinski definition) is 4. The van der Waals surface area contributed by atoms with E-state index >= 15 is 0 Å². The van der Waals surface area contributed by atoms with E-state index in [1.54, 1.807) is 0 Å². The molecule has 0 spiro atoms. The van der Waals surface area contributed by atoms with E-state index in [0.29, 0.717) is 5.92 Å². The standard InChI is InChI=1S/C15H26N2O2/c1-9-7-11(10(2)18-9)13(17-16)12-8-14(3,4)19-15(12,5)6/h7,12-13,17H,8,16H2,1-6H3. The van der Waals surface area contributed by atoms with Gasteiger partial charge in [0.05, 0.1) is 17.2 Å². The third kappa shape index (κ3) is 2.71. The molecular formula is C15H26N2O2. The van der Waals surface area contributed by atoms with Gasteiger partial charge in [-0.05, 0) is 54.0 Å². The Morgan fingerprint density at radius 3 is 2.32 bits per heavy atom. The average Bonchev–Trinajstić information content (AvgIpc) is 2.66. The molecular weight excluding hydrogens is 240 g/mol. The van der Waals surface area contributed by atoms with Gasteiger partial charge in [-0.2, -0.15) is 0 Å². The maximum Gasteiger partial charge on any atom is 0.105 e. The summed E-state index contributed by atoms with van der Waals surface area (Å²) >= 11 is 0. The van der Waals surface area contributed by atoms with Crippen molar-refractivity contribution in [1.82, 2.24) is 5.43 Å². The summed E-state index contributed by atoms with van der Waals surface area (Å²) in [5, 5.41) is 0. The number of nitrogens with two attached hydrogens (primary N) is 1. The van der Waals surface area contributed by atoms with Crippen LogP contribution in [-0.2, 0) is 4.74 Å². The Morgan fingerprint density at radius 2 is 1.95 bits per heavy atom. The van der Waals surface area contributed by atoms with Crippen molar-refractivity contribution in [1.29, 1.82) is 0 Å². The predicted molar refractivity (Wildman–Crippen MR) is 75.6 cm³/mol. The lowest BCUT2D eigenvalue weighted by Gasteiger charge is -2.32. The lowest BCUT2D eigenvalue weighted by Crippen LogP contribution is -2.41. The predicted octanol–water partition coefficient (Wildman–Crippen LogP) is 2.99. The van der Waals surface area contributed by atoms with Crippen molar-refractivity contribution in [2.45, 2.75) is 65.2 Å². The lowest BCUT2D eigenvalue weighted by molar-refractivity contribution is -0.0779. The van der Waals surface area contributed by atoms with Gasteiger partial charge in [-0.1, -0.05) is 0 Å². The van der Waals surface area contributed by atoms with Crippen molar-refractivity contribution in [3.8, 4) is 0 Å². The summed E-state index contributed by atoms with van der Waals surface area (Å²) in [6.07, 6.45) is 0.971. The molecule has 1 saturated heterocycles. The second-order valence-corrected chi connectivity index (χ2v) is 6.79. The minimum atomic E-state index is -0.210. The molecule has 4 heteroatoms. The molecule has 2 atom stereocenters. The van der Waals surface area contributed by atoms with Crippen LogP contribution in [0.15, 0.2) is 10.5 Å². The van der Waals surface area contributed by atoms with Crippen LogP contribution in [0.5, 0.6) is 0 Å². The molecule has 0 radical (unpaired) electrons. The van der Waals surface area contributed by atoms with Crippen LogP contribution in [-0.4, -0.2) is 11.2 Å². The summed E-state index contributed by atoms with van der Waals surface area (Å²) in [6.45, 7) is 12.5. The van der Waals surface area contributed by atoms with Gasteiger partial charge >= 0.3 is 0 Å². The second-order valence-electron chi connectivity index (χ2n) is 6.79. The van der Waals surface area contributed by atoms with Gasteiger partial charge in [0.25, 0.3) is 0 Å². The number of rotatable bonds is 3. The smallest absolute Gasteiger partial charge is 0.105 e. The van der Waals surface area contributed by atoms with Crippen LogP contribution in [0.1, 0.15) is 57.2 Å². The monoisotopic (exact) mass is 266 g/mol. The van der Waals surface area contributed by atoms with Crippen LogP contribution in [0.3, 0.4) is 0 Å². The van der Waals surface area contributed by atoms with Gasteiger partial charge in [0.2, 0.25) is 0 Å². The van der Waals surface area contributed by atoms with Crippen LogP contribution in [0.25, 0.3) is 0 Å². The van der Waals surface area contributed by atoms with E-state index in [4.69, 9.17) is 15.0 Å². The average molecular weight is 266 g/mol. The minimum Gasteiger partial charge on any atom is -0.466 e. The fraction of sp³-hybridized carbons (Fsp3) is 0.733. The first-order valence-corrected chi connectivity index (χ1v) is 6.89. The molecule has 3 N–H and O–H groups in total. The summed E-state index contributed by atoms with van der Waals surface area (Å²) in [4.78, 5) is 0. The molecule has 108 valence electrons. The number of hydrazine groups is 1. The van der Waals surface area contributed by atoms with Crippen molar-refractivity contribution >= 4 is 0 Å². The third-order valence-electron chi connectivity index (χ3n) is 4.14. The summed E-state index contributed by atoms with van der Waals surface area (Å²) in [6, 6.07) is 2.12. The van der Waals surface area contributed by atoms with Crippen molar-refractivity contribution in [2.75, 3.05) is 0 Å². The van der Waals surface area contributed by atoms with Crippen molar-refractivity contribution < 1.29 is 9.15 Å². The molecule has 1 fully saturated rings. The van der Waals surface area contributed by atoms with E-state index < -0.39 is 0 Å². The molecule has 2 heterocycles. The molecule has 1 aliphatic heterocycles. The molecule has 4 nitrogen and oxygen atoms in total. The number of ether oxygens (including phenoxy) is 1. The fourth-order valence-electron chi connectivity index (χ4n) is 3.51. The Morgan fingerprint density at radius 1 is 1.32 bits per heavy atom. The SMILES string of the molecule is Cc1cc(C(NN)C2CC(C)(C)OC2(C)C)c(C)o1. The van der Waals surface area contributed by atoms with E-state index in [9.17, 15) is 0 Å². The van der Waals surface area contributed by atoms with Crippen LogP contribution >= 0.6 is 0 Å². The Hall–Kier alpha value is -0.840. The molecule has 0 saturated carbocycles. The van der Waals surface area contributed by atoms with Gasteiger partial charge in [-0.3, -0.25) is 11.3 Å². The molecule has 0 aromatic carbocycles. The van der Waals surface area contributed by atoms with E-state index in [2.05, 4.69) is 39.2 Å². The number of furan rings is 1. The zero-order valence-corrected chi connectivity index (χ0v) is 12.8. The molecule has 1 aliphatic rings. The summed E-state index contributed by atoms with van der Waals surface area (Å²) < 4.78 is 11.8. The van der Waals surface area contributed by atoms with Crippen LogP contribution in [0.4, 0.5) is 0 Å². The quantitative estimate of drug-likeness (QED) is 0.652. The minimum absolute atomic E-state index is 0.0502. The van der Waals surface area contributed by atoms with E-state index in [0.717, 1.165) is 23.5 Å². The third-order valence-corrected chi connectivity index (χ3v) is 4.14. The maximum absolute atomic E-state index is 6.17. The first-order chi connectivity index (χ1) is 8.66. The highest BCUT2D eigenvalue weighted by Crippen LogP contribution is 2.48. The van der Waals surface area contributed by atoms with Gasteiger partial charge in [0.1, 0.15) is 11.5 Å². The largest absolute Gasteiger partial charge is 0.466 e. The maximum atomic E-state index is 6.17. The first-order valence-electron chi connectivity index (χ1n) is 6.89. The number of aryl methyl sites for hydroxylation is 2. The zero-order valence-electron chi connectivity index (χ0n) is 12.8. The van der Waals surface area contributed by atoms with Crippen LogP contribution in [0.2, 0.25) is 0 Å². The Labute approximate surface area is 115 Å². The summed E-state index contributed by atoms with van der Waals surface area (Å²) in [7, 11) is 0. The van der Waals surface area contributed by atoms with Crippen molar-refractivity contribution in [2.24, 2.45) is 11.8 Å². The second kappa shape index (κ2) is 4.62. The molecule has 0 bridgehead atoms. The Kier molecular flexibility index (Phi) is 3.54. The van der Waals surface area contributed by atoms with Gasteiger partial charge in [0, 0.05) is 11.5 Å². The highest BCUT2D eigenvalue weighted by atomic mass is 16.5. The van der Waals surface area contributed by atoms with Gasteiger partial charge in [-0.25, -0.2) is 0 Å². The van der Waals surface area contributed by atoms with Gasteiger partial charge in [0.15, 0.2) is 0 Å². The van der Waals surface area contributed by atoms with Gasteiger partial charge < -0.3 is 9.15 Å². The fourth-order valence-corrected chi connectivity index (χ4v) is 3.51.